The Morgan fingerprint density at radius 3 is 2.58 bits per heavy atom. The van der Waals surface area contributed by atoms with E-state index in [2.05, 4.69) is 46.0 Å². The van der Waals surface area contributed by atoms with E-state index in [0.717, 1.165) is 32.2 Å². The van der Waals surface area contributed by atoms with E-state index in [9.17, 15) is 0 Å². The number of nitrogens with zero attached hydrogens (tertiary/aromatic N) is 3. The minimum absolute atomic E-state index is 0.789. The predicted molar refractivity (Wildman–Crippen MR) is 108 cm³/mol. The van der Waals surface area contributed by atoms with Crippen LogP contribution in [0.5, 0.6) is 0 Å². The highest BCUT2D eigenvalue weighted by Crippen LogP contribution is 2.23. The third-order valence-corrected chi connectivity index (χ3v) is 6.15. The van der Waals surface area contributed by atoms with Crippen molar-refractivity contribution < 1.29 is 4.74 Å². The van der Waals surface area contributed by atoms with Gasteiger partial charge in [0.25, 0.3) is 0 Å². The largest absolute Gasteiger partial charge is 0.383 e. The average Bonchev–Trinajstić information content (AvgIpc) is 3.06. The lowest BCUT2D eigenvalue weighted by molar-refractivity contribution is 0.104. The van der Waals surface area contributed by atoms with Gasteiger partial charge in [-0.25, -0.2) is 0 Å². The molecule has 0 aliphatic carbocycles. The van der Waals surface area contributed by atoms with Crippen molar-refractivity contribution in [1.29, 1.82) is 0 Å². The summed E-state index contributed by atoms with van der Waals surface area (Å²) in [5, 5.41) is 0. The number of piperidine rings is 1. The Kier molecular flexibility index (Phi) is 7.62. The topological polar surface area (TPSA) is 28.6 Å². The Bertz CT molecular complexity index is 638. The molecule has 1 saturated heterocycles. The normalized spacial score (nSPS) is 16.4. The SMILES string of the molecule is COCCN1CCC(CN(Cc2ccncc2)Cc2ccc(C)s2)CC1. The van der Waals surface area contributed by atoms with Crippen LogP contribution in [0, 0.1) is 12.8 Å². The number of hydrogen-bond donors (Lipinski definition) is 0. The molecule has 26 heavy (non-hydrogen) atoms. The molecule has 2 aromatic rings. The molecule has 0 unspecified atom stereocenters. The van der Waals surface area contributed by atoms with Crippen LogP contribution in [-0.4, -0.2) is 54.7 Å². The number of ether oxygens (including phenoxy) is 1. The van der Waals surface area contributed by atoms with E-state index in [1.54, 1.807) is 7.11 Å². The lowest BCUT2D eigenvalue weighted by atomic mass is 9.96. The van der Waals surface area contributed by atoms with Gasteiger partial charge in [0.05, 0.1) is 6.61 Å². The van der Waals surface area contributed by atoms with Crippen molar-refractivity contribution in [3.63, 3.8) is 0 Å². The Morgan fingerprint density at radius 1 is 1.15 bits per heavy atom. The molecule has 2 aromatic heterocycles. The molecule has 0 atom stereocenters. The quantitative estimate of drug-likeness (QED) is 0.668. The fourth-order valence-corrected chi connectivity index (χ4v) is 4.63. The van der Waals surface area contributed by atoms with Crippen molar-refractivity contribution >= 4 is 11.3 Å². The smallest absolute Gasteiger partial charge is 0.0589 e. The first-order chi connectivity index (χ1) is 12.7. The summed E-state index contributed by atoms with van der Waals surface area (Å²) in [6.07, 6.45) is 6.38. The van der Waals surface area contributed by atoms with Gasteiger partial charge < -0.3 is 9.64 Å². The summed E-state index contributed by atoms with van der Waals surface area (Å²) in [6, 6.07) is 8.80. The van der Waals surface area contributed by atoms with E-state index in [1.165, 1.54) is 47.8 Å². The standard InChI is InChI=1S/C21H31N3OS/c1-18-3-4-21(26-18)17-24(15-19-5-9-22-10-6-19)16-20-7-11-23(12-8-20)13-14-25-2/h3-6,9-10,20H,7-8,11-17H2,1-2H3. The molecule has 1 aliphatic rings. The zero-order valence-corrected chi connectivity index (χ0v) is 16.9. The van der Waals surface area contributed by atoms with Crippen molar-refractivity contribution in [3.8, 4) is 0 Å². The highest BCUT2D eigenvalue weighted by molar-refractivity contribution is 7.11. The average molecular weight is 374 g/mol. The fraction of sp³-hybridized carbons (Fsp3) is 0.571. The summed E-state index contributed by atoms with van der Waals surface area (Å²) in [5.41, 5.74) is 1.35. The van der Waals surface area contributed by atoms with Crippen molar-refractivity contribution in [2.24, 2.45) is 5.92 Å². The van der Waals surface area contributed by atoms with Crippen molar-refractivity contribution in [2.45, 2.75) is 32.9 Å². The molecule has 0 radical (unpaired) electrons. The van der Waals surface area contributed by atoms with Gasteiger partial charge in [-0.05, 0) is 68.6 Å². The molecule has 0 N–H and O–H groups in total. The highest BCUT2D eigenvalue weighted by Gasteiger charge is 2.21. The van der Waals surface area contributed by atoms with Crippen LogP contribution in [0.15, 0.2) is 36.7 Å². The lowest BCUT2D eigenvalue weighted by Gasteiger charge is -2.34. The summed E-state index contributed by atoms with van der Waals surface area (Å²) in [6.45, 7) is 9.74. The summed E-state index contributed by atoms with van der Waals surface area (Å²) in [7, 11) is 1.79. The maximum absolute atomic E-state index is 5.22. The van der Waals surface area contributed by atoms with Crippen LogP contribution in [-0.2, 0) is 17.8 Å². The van der Waals surface area contributed by atoms with Gasteiger partial charge in [0.1, 0.15) is 0 Å². The molecule has 5 heteroatoms. The van der Waals surface area contributed by atoms with Crippen LogP contribution in [0.1, 0.15) is 28.2 Å². The maximum Gasteiger partial charge on any atom is 0.0589 e. The summed E-state index contributed by atoms with van der Waals surface area (Å²) in [5.74, 6) is 0.789. The molecule has 142 valence electrons. The van der Waals surface area contributed by atoms with Crippen molar-refractivity contribution in [1.82, 2.24) is 14.8 Å². The summed E-state index contributed by atoms with van der Waals surface area (Å²) >= 11 is 1.92. The monoisotopic (exact) mass is 373 g/mol. The summed E-state index contributed by atoms with van der Waals surface area (Å²) < 4.78 is 5.22. The lowest BCUT2D eigenvalue weighted by Crippen LogP contribution is -2.39. The summed E-state index contributed by atoms with van der Waals surface area (Å²) in [4.78, 5) is 12.2. The second-order valence-corrected chi connectivity index (χ2v) is 8.69. The molecule has 1 aliphatic heterocycles. The maximum atomic E-state index is 5.22. The van der Waals surface area contributed by atoms with E-state index >= 15 is 0 Å². The van der Waals surface area contributed by atoms with Crippen LogP contribution in [0.4, 0.5) is 0 Å². The fourth-order valence-electron chi connectivity index (χ4n) is 3.70. The van der Waals surface area contributed by atoms with Gasteiger partial charge in [-0.1, -0.05) is 0 Å². The van der Waals surface area contributed by atoms with E-state index in [0.29, 0.717) is 0 Å². The van der Waals surface area contributed by atoms with Crippen LogP contribution < -0.4 is 0 Å². The minimum atomic E-state index is 0.789. The first kappa shape index (κ1) is 19.5. The zero-order valence-electron chi connectivity index (χ0n) is 16.1. The first-order valence-electron chi connectivity index (χ1n) is 9.61. The number of aromatic nitrogens is 1. The zero-order chi connectivity index (χ0) is 18.2. The van der Waals surface area contributed by atoms with Crippen LogP contribution in [0.25, 0.3) is 0 Å². The number of likely N-dealkylation sites (tertiary alicyclic amines) is 1. The highest BCUT2D eigenvalue weighted by atomic mass is 32.1. The van der Waals surface area contributed by atoms with E-state index in [1.807, 2.05) is 23.7 Å². The van der Waals surface area contributed by atoms with Crippen LogP contribution in [0.3, 0.4) is 0 Å². The Balaban J connectivity index is 1.56. The van der Waals surface area contributed by atoms with Crippen molar-refractivity contribution in [2.75, 3.05) is 39.9 Å². The molecule has 3 heterocycles. The van der Waals surface area contributed by atoms with Gasteiger partial charge in [0, 0.05) is 55.4 Å². The molecule has 1 fully saturated rings. The first-order valence-corrected chi connectivity index (χ1v) is 10.4. The second kappa shape index (κ2) is 10.2. The third kappa shape index (κ3) is 6.16. The molecule has 0 amide bonds. The molecule has 0 aromatic carbocycles. The Morgan fingerprint density at radius 2 is 1.92 bits per heavy atom. The van der Waals surface area contributed by atoms with Gasteiger partial charge in [0.2, 0.25) is 0 Å². The molecule has 3 rings (SSSR count). The molecule has 0 spiro atoms. The molecule has 4 nitrogen and oxygen atoms in total. The molecular weight excluding hydrogens is 342 g/mol. The van der Waals surface area contributed by atoms with Crippen LogP contribution >= 0.6 is 11.3 Å². The van der Waals surface area contributed by atoms with E-state index in [-0.39, 0.29) is 0 Å². The Labute approximate surface area is 161 Å². The minimum Gasteiger partial charge on any atom is -0.383 e. The number of aryl methyl sites for hydroxylation is 1. The predicted octanol–water partition coefficient (Wildman–Crippen LogP) is 3.81. The van der Waals surface area contributed by atoms with Gasteiger partial charge in [0.15, 0.2) is 0 Å². The van der Waals surface area contributed by atoms with Crippen molar-refractivity contribution in [3.05, 3.63) is 52.0 Å². The second-order valence-electron chi connectivity index (χ2n) is 7.32. The Hall–Kier alpha value is -1.27. The van der Waals surface area contributed by atoms with Gasteiger partial charge in [-0.2, -0.15) is 0 Å². The molecular formula is C21H31N3OS. The third-order valence-electron chi connectivity index (χ3n) is 5.17. The number of hydrogen-bond acceptors (Lipinski definition) is 5. The van der Waals surface area contributed by atoms with Gasteiger partial charge in [-0.3, -0.25) is 9.88 Å². The number of pyridine rings is 1. The number of methoxy groups -OCH3 is 1. The van der Waals surface area contributed by atoms with E-state index < -0.39 is 0 Å². The molecule has 0 saturated carbocycles. The van der Waals surface area contributed by atoms with Gasteiger partial charge in [-0.15, -0.1) is 11.3 Å². The number of rotatable bonds is 9. The van der Waals surface area contributed by atoms with Gasteiger partial charge >= 0.3 is 0 Å². The molecule has 0 bridgehead atoms. The number of thiophene rings is 1. The van der Waals surface area contributed by atoms with Crippen LogP contribution in [0.2, 0.25) is 0 Å². The van der Waals surface area contributed by atoms with E-state index in [4.69, 9.17) is 4.74 Å².